The lowest BCUT2D eigenvalue weighted by Gasteiger charge is -2.41. The number of nitrogens with two attached hydrogens (primary N) is 1. The standard InChI is InChI=1S/C15H26N2S/c1-3-15(4-2)7-9-17(10-8-15)12-13(16)14-6-5-11-18-14/h5-6,11,13H,3-4,7-10,12,16H2,1-2H3. The molecule has 1 fully saturated rings. The van der Waals surface area contributed by atoms with E-state index in [0.29, 0.717) is 5.41 Å². The highest BCUT2D eigenvalue weighted by molar-refractivity contribution is 7.10. The average Bonchev–Trinajstić information content (AvgIpc) is 2.94. The second-order valence-corrected chi connectivity index (χ2v) is 6.61. The van der Waals surface area contributed by atoms with E-state index in [0.717, 1.165) is 6.54 Å². The van der Waals surface area contributed by atoms with Crippen LogP contribution in [0.2, 0.25) is 0 Å². The van der Waals surface area contributed by atoms with Crippen LogP contribution >= 0.6 is 11.3 Å². The Morgan fingerprint density at radius 3 is 2.50 bits per heavy atom. The minimum atomic E-state index is 0.195. The summed E-state index contributed by atoms with van der Waals surface area (Å²) in [6, 6.07) is 4.44. The quantitative estimate of drug-likeness (QED) is 0.881. The second-order valence-electron chi connectivity index (χ2n) is 5.63. The fourth-order valence-corrected chi connectivity index (χ4v) is 3.76. The molecular weight excluding hydrogens is 240 g/mol. The third-order valence-corrected chi connectivity index (χ3v) is 5.78. The molecule has 0 amide bonds. The highest BCUT2D eigenvalue weighted by atomic mass is 32.1. The minimum Gasteiger partial charge on any atom is -0.322 e. The van der Waals surface area contributed by atoms with Crippen molar-refractivity contribution in [2.45, 2.75) is 45.6 Å². The Balaban J connectivity index is 1.83. The van der Waals surface area contributed by atoms with Crippen LogP contribution in [0.1, 0.15) is 50.4 Å². The van der Waals surface area contributed by atoms with Gasteiger partial charge in [0.2, 0.25) is 0 Å². The Labute approximate surface area is 115 Å². The molecule has 0 spiro atoms. The Morgan fingerprint density at radius 1 is 1.33 bits per heavy atom. The zero-order chi connectivity index (χ0) is 13.0. The van der Waals surface area contributed by atoms with E-state index >= 15 is 0 Å². The van der Waals surface area contributed by atoms with Crippen LogP contribution in [-0.4, -0.2) is 24.5 Å². The van der Waals surface area contributed by atoms with Crippen molar-refractivity contribution in [1.82, 2.24) is 4.90 Å². The van der Waals surface area contributed by atoms with E-state index in [1.54, 1.807) is 11.3 Å². The van der Waals surface area contributed by atoms with Gasteiger partial charge in [0.05, 0.1) is 6.04 Å². The van der Waals surface area contributed by atoms with Crippen LogP contribution in [0.4, 0.5) is 0 Å². The van der Waals surface area contributed by atoms with Gasteiger partial charge in [0.1, 0.15) is 0 Å². The first kappa shape index (κ1) is 14.0. The smallest absolute Gasteiger partial charge is 0.0519 e. The molecule has 0 radical (unpaired) electrons. The monoisotopic (exact) mass is 266 g/mol. The fourth-order valence-electron chi connectivity index (χ4n) is 3.04. The molecule has 1 saturated heterocycles. The molecule has 1 aliphatic rings. The topological polar surface area (TPSA) is 29.3 Å². The normalized spacial score (nSPS) is 21.9. The molecule has 2 nitrogen and oxygen atoms in total. The van der Waals surface area contributed by atoms with Gasteiger partial charge in [-0.1, -0.05) is 32.8 Å². The molecule has 102 valence electrons. The summed E-state index contributed by atoms with van der Waals surface area (Å²) in [5, 5.41) is 2.12. The van der Waals surface area contributed by atoms with Gasteiger partial charge in [-0.15, -0.1) is 11.3 Å². The van der Waals surface area contributed by atoms with Gasteiger partial charge in [0.25, 0.3) is 0 Å². The molecule has 0 saturated carbocycles. The summed E-state index contributed by atoms with van der Waals surface area (Å²) in [6.45, 7) is 8.15. The lowest BCUT2D eigenvalue weighted by Crippen LogP contribution is -2.42. The van der Waals surface area contributed by atoms with Crippen molar-refractivity contribution in [2.24, 2.45) is 11.1 Å². The molecule has 1 unspecified atom stereocenters. The third-order valence-electron chi connectivity index (χ3n) is 4.78. The van der Waals surface area contributed by atoms with Crippen LogP contribution in [0, 0.1) is 5.41 Å². The largest absolute Gasteiger partial charge is 0.322 e. The van der Waals surface area contributed by atoms with E-state index in [1.165, 1.54) is 43.6 Å². The molecule has 1 atom stereocenters. The number of nitrogens with zero attached hydrogens (tertiary/aromatic N) is 1. The summed E-state index contributed by atoms with van der Waals surface area (Å²) in [7, 11) is 0. The van der Waals surface area contributed by atoms with Gasteiger partial charge in [0.15, 0.2) is 0 Å². The molecule has 2 N–H and O–H groups in total. The summed E-state index contributed by atoms with van der Waals surface area (Å²) in [5.74, 6) is 0. The van der Waals surface area contributed by atoms with Crippen molar-refractivity contribution in [3.63, 3.8) is 0 Å². The van der Waals surface area contributed by atoms with E-state index in [1.807, 2.05) is 0 Å². The summed E-state index contributed by atoms with van der Waals surface area (Å²) < 4.78 is 0. The summed E-state index contributed by atoms with van der Waals surface area (Å²) in [6.07, 6.45) is 5.34. The number of likely N-dealkylation sites (tertiary alicyclic amines) is 1. The van der Waals surface area contributed by atoms with Gasteiger partial charge in [-0.2, -0.15) is 0 Å². The van der Waals surface area contributed by atoms with Crippen LogP contribution in [0.25, 0.3) is 0 Å². The number of piperidine rings is 1. The van der Waals surface area contributed by atoms with Gasteiger partial charge in [-0.25, -0.2) is 0 Å². The van der Waals surface area contributed by atoms with Gasteiger partial charge in [-0.05, 0) is 42.8 Å². The molecule has 0 bridgehead atoms. The first-order valence-electron chi connectivity index (χ1n) is 7.20. The summed E-state index contributed by atoms with van der Waals surface area (Å²) in [5.41, 5.74) is 6.89. The van der Waals surface area contributed by atoms with E-state index < -0.39 is 0 Å². The summed E-state index contributed by atoms with van der Waals surface area (Å²) in [4.78, 5) is 3.87. The van der Waals surface area contributed by atoms with Crippen molar-refractivity contribution in [3.05, 3.63) is 22.4 Å². The Bertz CT molecular complexity index is 333. The zero-order valence-electron chi connectivity index (χ0n) is 11.7. The lowest BCUT2D eigenvalue weighted by molar-refractivity contribution is 0.0917. The second kappa shape index (κ2) is 6.18. The first-order valence-corrected chi connectivity index (χ1v) is 8.08. The number of thiophene rings is 1. The SMILES string of the molecule is CCC1(CC)CCN(CC(N)c2cccs2)CC1. The van der Waals surface area contributed by atoms with E-state index in [4.69, 9.17) is 5.73 Å². The molecule has 0 aromatic carbocycles. The number of rotatable bonds is 5. The lowest BCUT2D eigenvalue weighted by atomic mass is 9.74. The van der Waals surface area contributed by atoms with Crippen LogP contribution in [0.15, 0.2) is 17.5 Å². The molecule has 1 aliphatic heterocycles. The predicted octanol–water partition coefficient (Wildman–Crippen LogP) is 3.65. The Kier molecular flexibility index (Phi) is 4.82. The maximum absolute atomic E-state index is 6.27. The van der Waals surface area contributed by atoms with Gasteiger partial charge in [-0.3, -0.25) is 0 Å². The van der Waals surface area contributed by atoms with E-state index in [2.05, 4.69) is 36.3 Å². The molecule has 1 aromatic rings. The molecule has 3 heteroatoms. The molecular formula is C15H26N2S. The number of hydrogen-bond acceptors (Lipinski definition) is 3. The van der Waals surface area contributed by atoms with Gasteiger partial charge >= 0.3 is 0 Å². The highest BCUT2D eigenvalue weighted by Crippen LogP contribution is 2.38. The highest BCUT2D eigenvalue weighted by Gasteiger charge is 2.31. The summed E-state index contributed by atoms with van der Waals surface area (Å²) >= 11 is 1.78. The predicted molar refractivity (Wildman–Crippen MR) is 79.9 cm³/mol. The van der Waals surface area contributed by atoms with Crippen LogP contribution < -0.4 is 5.73 Å². The molecule has 2 heterocycles. The van der Waals surface area contributed by atoms with E-state index in [9.17, 15) is 0 Å². The maximum Gasteiger partial charge on any atom is 0.0519 e. The Hall–Kier alpha value is -0.380. The van der Waals surface area contributed by atoms with Gasteiger partial charge in [0, 0.05) is 11.4 Å². The van der Waals surface area contributed by atoms with Crippen LogP contribution in [0.5, 0.6) is 0 Å². The van der Waals surface area contributed by atoms with Gasteiger partial charge < -0.3 is 10.6 Å². The van der Waals surface area contributed by atoms with Crippen molar-refractivity contribution >= 4 is 11.3 Å². The van der Waals surface area contributed by atoms with Crippen LogP contribution in [-0.2, 0) is 0 Å². The first-order chi connectivity index (χ1) is 8.69. The van der Waals surface area contributed by atoms with Crippen LogP contribution in [0.3, 0.4) is 0 Å². The molecule has 1 aromatic heterocycles. The maximum atomic E-state index is 6.27. The van der Waals surface area contributed by atoms with Crippen molar-refractivity contribution < 1.29 is 0 Å². The fraction of sp³-hybridized carbons (Fsp3) is 0.733. The minimum absolute atomic E-state index is 0.195. The van der Waals surface area contributed by atoms with Crippen molar-refractivity contribution in [3.8, 4) is 0 Å². The van der Waals surface area contributed by atoms with Crippen molar-refractivity contribution in [1.29, 1.82) is 0 Å². The van der Waals surface area contributed by atoms with E-state index in [-0.39, 0.29) is 6.04 Å². The number of hydrogen-bond donors (Lipinski definition) is 1. The molecule has 18 heavy (non-hydrogen) atoms. The van der Waals surface area contributed by atoms with Crippen molar-refractivity contribution in [2.75, 3.05) is 19.6 Å². The molecule has 2 rings (SSSR count). The average molecular weight is 266 g/mol. The Morgan fingerprint density at radius 2 is 2.00 bits per heavy atom. The third kappa shape index (κ3) is 3.14. The molecule has 0 aliphatic carbocycles. The zero-order valence-corrected chi connectivity index (χ0v) is 12.5.